The fourth-order valence-electron chi connectivity index (χ4n) is 1.19. The minimum absolute atomic E-state index is 0.117. The van der Waals surface area contributed by atoms with E-state index in [9.17, 15) is 9.59 Å². The molecule has 1 aliphatic heterocycles. The van der Waals surface area contributed by atoms with Gasteiger partial charge in [0.25, 0.3) is 0 Å². The molecule has 0 aromatic rings. The maximum atomic E-state index is 11.3. The number of urea groups is 1. The summed E-state index contributed by atoms with van der Waals surface area (Å²) in [4.78, 5) is 25.3. The van der Waals surface area contributed by atoms with Gasteiger partial charge in [-0.25, -0.2) is 4.79 Å². The number of likely N-dealkylation sites (N-methyl/N-ethyl adjacent to an activating group) is 1. The molecule has 0 aliphatic carbocycles. The number of nitrogens with zero attached hydrogens (tertiary/aromatic N) is 2. The summed E-state index contributed by atoms with van der Waals surface area (Å²) in [6.07, 6.45) is 0.686. The monoisotopic (exact) mass is 182 g/mol. The number of carbonyl (C=O) groups excluding carboxylic acids is 2. The zero-order valence-corrected chi connectivity index (χ0v) is 8.04. The molecular formula is C9H14N2O2. The lowest BCUT2D eigenvalue weighted by atomic mass is 10.2. The van der Waals surface area contributed by atoms with Crippen molar-refractivity contribution in [3.05, 3.63) is 12.2 Å². The van der Waals surface area contributed by atoms with E-state index >= 15 is 0 Å². The molecule has 0 aromatic heterocycles. The molecule has 0 saturated carbocycles. The Balaban J connectivity index is 2.54. The minimum atomic E-state index is -0.203. The van der Waals surface area contributed by atoms with Crippen molar-refractivity contribution < 1.29 is 9.59 Å². The lowest BCUT2D eigenvalue weighted by Gasteiger charge is -2.13. The molecule has 4 heteroatoms. The van der Waals surface area contributed by atoms with Gasteiger partial charge in [0, 0.05) is 13.6 Å². The zero-order chi connectivity index (χ0) is 10.0. The van der Waals surface area contributed by atoms with E-state index in [4.69, 9.17) is 0 Å². The van der Waals surface area contributed by atoms with Crippen molar-refractivity contribution in [2.75, 3.05) is 20.1 Å². The average Bonchev–Trinajstić information content (AvgIpc) is 2.24. The molecule has 3 amide bonds. The average molecular weight is 182 g/mol. The van der Waals surface area contributed by atoms with Crippen LogP contribution in [-0.2, 0) is 4.79 Å². The van der Waals surface area contributed by atoms with E-state index in [1.165, 1.54) is 9.80 Å². The van der Waals surface area contributed by atoms with Crippen LogP contribution < -0.4 is 0 Å². The van der Waals surface area contributed by atoms with E-state index in [1.807, 2.05) is 6.92 Å². The van der Waals surface area contributed by atoms with Crippen molar-refractivity contribution in [3.8, 4) is 0 Å². The SMILES string of the molecule is C=C(C)CCN1C(=O)CN(C)C1=O. The molecule has 1 fully saturated rings. The molecule has 4 nitrogen and oxygen atoms in total. The number of hydrogen-bond acceptors (Lipinski definition) is 2. The normalized spacial score (nSPS) is 17.1. The van der Waals surface area contributed by atoms with Crippen LogP contribution in [0.1, 0.15) is 13.3 Å². The minimum Gasteiger partial charge on any atom is -0.318 e. The Kier molecular flexibility index (Phi) is 2.70. The van der Waals surface area contributed by atoms with Gasteiger partial charge in [0.2, 0.25) is 5.91 Å². The van der Waals surface area contributed by atoms with Crippen LogP contribution in [0.5, 0.6) is 0 Å². The van der Waals surface area contributed by atoms with E-state index in [2.05, 4.69) is 6.58 Å². The number of hydrogen-bond donors (Lipinski definition) is 0. The molecule has 0 bridgehead atoms. The number of carbonyl (C=O) groups is 2. The third-order valence-electron chi connectivity index (χ3n) is 1.99. The largest absolute Gasteiger partial charge is 0.326 e. The Morgan fingerprint density at radius 1 is 1.54 bits per heavy atom. The summed E-state index contributed by atoms with van der Waals surface area (Å²) in [6, 6.07) is -0.203. The molecule has 1 saturated heterocycles. The smallest absolute Gasteiger partial charge is 0.318 e. The highest BCUT2D eigenvalue weighted by atomic mass is 16.2. The van der Waals surface area contributed by atoms with E-state index in [1.54, 1.807) is 7.05 Å². The summed E-state index contributed by atoms with van der Waals surface area (Å²) >= 11 is 0. The number of amides is 3. The van der Waals surface area contributed by atoms with E-state index < -0.39 is 0 Å². The van der Waals surface area contributed by atoms with E-state index in [-0.39, 0.29) is 18.5 Å². The molecule has 0 unspecified atom stereocenters. The molecule has 1 aliphatic rings. The Bertz CT molecular complexity index is 260. The highest BCUT2D eigenvalue weighted by Gasteiger charge is 2.32. The second-order valence-corrected chi connectivity index (χ2v) is 3.39. The predicted molar refractivity (Wildman–Crippen MR) is 49.2 cm³/mol. The van der Waals surface area contributed by atoms with Gasteiger partial charge in [-0.3, -0.25) is 9.69 Å². The van der Waals surface area contributed by atoms with Gasteiger partial charge in [0.05, 0.1) is 0 Å². The second kappa shape index (κ2) is 3.60. The Morgan fingerprint density at radius 2 is 2.15 bits per heavy atom. The van der Waals surface area contributed by atoms with Crippen LogP contribution in [0.4, 0.5) is 4.79 Å². The molecule has 0 aromatic carbocycles. The van der Waals surface area contributed by atoms with Crippen molar-refractivity contribution in [3.63, 3.8) is 0 Å². The molecule has 13 heavy (non-hydrogen) atoms. The molecule has 0 atom stereocenters. The first-order valence-corrected chi connectivity index (χ1v) is 4.22. The summed E-state index contributed by atoms with van der Waals surface area (Å²) in [5, 5.41) is 0. The first-order valence-electron chi connectivity index (χ1n) is 4.22. The lowest BCUT2D eigenvalue weighted by Crippen LogP contribution is -2.32. The quantitative estimate of drug-likeness (QED) is 0.479. The third kappa shape index (κ3) is 2.08. The maximum Gasteiger partial charge on any atom is 0.326 e. The fraction of sp³-hybridized carbons (Fsp3) is 0.556. The second-order valence-electron chi connectivity index (χ2n) is 3.39. The number of rotatable bonds is 3. The summed E-state index contributed by atoms with van der Waals surface area (Å²) in [5.74, 6) is -0.117. The van der Waals surface area contributed by atoms with Crippen LogP contribution in [0.2, 0.25) is 0 Å². The third-order valence-corrected chi connectivity index (χ3v) is 1.99. The van der Waals surface area contributed by atoms with Gasteiger partial charge in [-0.05, 0) is 13.3 Å². The molecule has 72 valence electrons. The van der Waals surface area contributed by atoms with Gasteiger partial charge in [-0.1, -0.05) is 5.57 Å². The Labute approximate surface area is 77.8 Å². The standard InChI is InChI=1S/C9H14N2O2/c1-7(2)4-5-11-8(12)6-10(3)9(11)13/h1,4-6H2,2-3H3. The maximum absolute atomic E-state index is 11.3. The topological polar surface area (TPSA) is 40.6 Å². The molecule has 0 N–H and O–H groups in total. The van der Waals surface area contributed by atoms with Crippen LogP contribution >= 0.6 is 0 Å². The van der Waals surface area contributed by atoms with Gasteiger partial charge in [-0.2, -0.15) is 0 Å². The van der Waals surface area contributed by atoms with Crippen LogP contribution in [-0.4, -0.2) is 41.9 Å². The van der Waals surface area contributed by atoms with Gasteiger partial charge in [0.1, 0.15) is 6.54 Å². The Hall–Kier alpha value is -1.32. The fourth-order valence-corrected chi connectivity index (χ4v) is 1.19. The lowest BCUT2D eigenvalue weighted by molar-refractivity contribution is -0.125. The van der Waals surface area contributed by atoms with Gasteiger partial charge in [-0.15, -0.1) is 6.58 Å². The zero-order valence-electron chi connectivity index (χ0n) is 8.04. The van der Waals surface area contributed by atoms with Crippen molar-refractivity contribution >= 4 is 11.9 Å². The van der Waals surface area contributed by atoms with Crippen molar-refractivity contribution in [2.45, 2.75) is 13.3 Å². The summed E-state index contributed by atoms with van der Waals surface area (Å²) in [7, 11) is 1.63. The molecule has 1 heterocycles. The Morgan fingerprint density at radius 3 is 2.54 bits per heavy atom. The van der Waals surface area contributed by atoms with Crippen LogP contribution in [0, 0.1) is 0 Å². The van der Waals surface area contributed by atoms with Crippen LogP contribution in [0.25, 0.3) is 0 Å². The first kappa shape index (κ1) is 9.77. The van der Waals surface area contributed by atoms with E-state index in [0.29, 0.717) is 13.0 Å². The van der Waals surface area contributed by atoms with E-state index in [0.717, 1.165) is 5.57 Å². The molecule has 0 radical (unpaired) electrons. The number of imide groups is 1. The predicted octanol–water partition coefficient (Wildman–Crippen LogP) is 0.847. The first-order chi connectivity index (χ1) is 6.02. The van der Waals surface area contributed by atoms with Gasteiger partial charge < -0.3 is 4.90 Å². The molecular weight excluding hydrogens is 168 g/mol. The van der Waals surface area contributed by atoms with Crippen LogP contribution in [0.3, 0.4) is 0 Å². The van der Waals surface area contributed by atoms with Crippen molar-refractivity contribution in [1.29, 1.82) is 0 Å². The molecule has 0 spiro atoms. The highest BCUT2D eigenvalue weighted by Crippen LogP contribution is 2.09. The molecule has 1 rings (SSSR count). The van der Waals surface area contributed by atoms with Crippen molar-refractivity contribution in [2.24, 2.45) is 0 Å². The summed E-state index contributed by atoms with van der Waals surface area (Å²) in [6.45, 7) is 6.27. The summed E-state index contributed by atoms with van der Waals surface area (Å²) in [5.41, 5.74) is 0.982. The van der Waals surface area contributed by atoms with Crippen LogP contribution in [0.15, 0.2) is 12.2 Å². The summed E-state index contributed by atoms with van der Waals surface area (Å²) < 4.78 is 0. The van der Waals surface area contributed by atoms with Gasteiger partial charge in [0.15, 0.2) is 0 Å². The highest BCUT2D eigenvalue weighted by molar-refractivity contribution is 6.01. The van der Waals surface area contributed by atoms with Crippen molar-refractivity contribution in [1.82, 2.24) is 9.80 Å². The van der Waals surface area contributed by atoms with Gasteiger partial charge >= 0.3 is 6.03 Å².